The van der Waals surface area contributed by atoms with E-state index in [4.69, 9.17) is 0 Å². The summed E-state index contributed by atoms with van der Waals surface area (Å²) in [5, 5.41) is 0. The fourth-order valence-electron chi connectivity index (χ4n) is 3.38. The second-order valence-electron chi connectivity index (χ2n) is 5.63. The van der Waals surface area contributed by atoms with Crippen LogP contribution in [0, 0.1) is 8.99 Å². The van der Waals surface area contributed by atoms with Crippen molar-refractivity contribution in [3.05, 3.63) is 27.8 Å². The zero-order valence-electron chi connectivity index (χ0n) is 10.7. The van der Waals surface area contributed by atoms with E-state index >= 15 is 0 Å². The minimum Gasteiger partial charge on any atom is -0.274 e. The van der Waals surface area contributed by atoms with Gasteiger partial charge in [0.1, 0.15) is 0 Å². The van der Waals surface area contributed by atoms with Crippen molar-refractivity contribution in [2.24, 2.45) is 5.41 Å². The Morgan fingerprint density at radius 2 is 1.58 bits per heavy atom. The average Bonchev–Trinajstić information content (AvgIpc) is 2.78. The Bertz CT molecular complexity index is 515. The summed E-state index contributed by atoms with van der Waals surface area (Å²) in [5.74, 6) is -0.0514. The number of para-hydroxylation sites is 1. The zero-order valence-corrected chi connectivity index (χ0v) is 12.9. The first-order valence-corrected chi connectivity index (χ1v) is 7.80. The number of rotatable bonds is 1. The monoisotopic (exact) mass is 369 g/mol. The first-order valence-electron chi connectivity index (χ1n) is 6.72. The van der Waals surface area contributed by atoms with Crippen LogP contribution in [0.1, 0.15) is 38.5 Å². The third kappa shape index (κ3) is 2.30. The Kier molecular flexibility index (Phi) is 3.37. The number of carbonyl (C=O) groups excluding carboxylic acids is 2. The topological polar surface area (TPSA) is 37.4 Å². The molecule has 0 radical (unpaired) electrons. The fraction of sp³-hybridized carbons (Fsp3) is 0.467. The molecule has 0 aromatic heterocycles. The van der Waals surface area contributed by atoms with Gasteiger partial charge in [-0.3, -0.25) is 9.59 Å². The van der Waals surface area contributed by atoms with Crippen molar-refractivity contribution in [3.8, 4) is 0 Å². The Morgan fingerprint density at radius 3 is 2.16 bits per heavy atom. The van der Waals surface area contributed by atoms with E-state index in [0.717, 1.165) is 34.9 Å². The molecule has 1 aromatic carbocycles. The van der Waals surface area contributed by atoms with Crippen LogP contribution < -0.4 is 4.90 Å². The number of amides is 2. The highest BCUT2D eigenvalue weighted by molar-refractivity contribution is 14.1. The molecule has 0 bridgehead atoms. The third-order valence-electron chi connectivity index (χ3n) is 4.31. The van der Waals surface area contributed by atoms with Crippen LogP contribution in [-0.2, 0) is 9.59 Å². The molecule has 1 heterocycles. The smallest absolute Gasteiger partial charge is 0.234 e. The summed E-state index contributed by atoms with van der Waals surface area (Å²) in [4.78, 5) is 26.2. The summed E-state index contributed by atoms with van der Waals surface area (Å²) < 4.78 is 0.948. The van der Waals surface area contributed by atoms with Crippen LogP contribution in [0.15, 0.2) is 24.3 Å². The molecular weight excluding hydrogens is 353 g/mol. The molecule has 1 aliphatic carbocycles. The van der Waals surface area contributed by atoms with Gasteiger partial charge in [-0.15, -0.1) is 0 Å². The number of piperidine rings is 1. The van der Waals surface area contributed by atoms with Gasteiger partial charge in [0.15, 0.2) is 0 Å². The maximum absolute atomic E-state index is 12.4. The van der Waals surface area contributed by atoms with Gasteiger partial charge in [0.05, 0.1) is 5.69 Å². The predicted molar refractivity (Wildman–Crippen MR) is 81.8 cm³/mol. The second-order valence-corrected chi connectivity index (χ2v) is 6.80. The lowest BCUT2D eigenvalue weighted by Gasteiger charge is -2.37. The molecule has 1 saturated carbocycles. The van der Waals surface area contributed by atoms with Gasteiger partial charge in [-0.1, -0.05) is 25.0 Å². The van der Waals surface area contributed by atoms with Crippen LogP contribution >= 0.6 is 22.6 Å². The molecule has 2 amide bonds. The van der Waals surface area contributed by atoms with Gasteiger partial charge in [-0.25, -0.2) is 4.90 Å². The highest BCUT2D eigenvalue weighted by atomic mass is 127. The Hall–Kier alpha value is -0.910. The van der Waals surface area contributed by atoms with E-state index in [1.54, 1.807) is 0 Å². The van der Waals surface area contributed by atoms with E-state index < -0.39 is 0 Å². The zero-order chi connectivity index (χ0) is 13.5. The van der Waals surface area contributed by atoms with Gasteiger partial charge >= 0.3 is 0 Å². The molecule has 3 rings (SSSR count). The quantitative estimate of drug-likeness (QED) is 0.561. The van der Waals surface area contributed by atoms with Gasteiger partial charge in [0.2, 0.25) is 11.8 Å². The summed E-state index contributed by atoms with van der Waals surface area (Å²) >= 11 is 2.18. The van der Waals surface area contributed by atoms with Crippen LogP contribution in [0.3, 0.4) is 0 Å². The number of nitrogens with zero attached hydrogens (tertiary/aromatic N) is 1. The summed E-state index contributed by atoms with van der Waals surface area (Å²) in [6, 6.07) is 7.57. The van der Waals surface area contributed by atoms with Crippen molar-refractivity contribution in [1.29, 1.82) is 0 Å². The summed E-state index contributed by atoms with van der Waals surface area (Å²) in [7, 11) is 0. The lowest BCUT2D eigenvalue weighted by molar-refractivity contribution is -0.133. The molecule has 2 aliphatic rings. The molecular formula is C15H16INO2. The first-order chi connectivity index (χ1) is 9.11. The number of hydrogen-bond acceptors (Lipinski definition) is 2. The minimum absolute atomic E-state index is 0.0229. The molecule has 0 N–H and O–H groups in total. The van der Waals surface area contributed by atoms with Gasteiger partial charge in [0, 0.05) is 16.4 Å². The lowest BCUT2D eigenvalue weighted by atomic mass is 9.76. The van der Waals surface area contributed by atoms with Gasteiger partial charge in [0.25, 0.3) is 0 Å². The van der Waals surface area contributed by atoms with Gasteiger partial charge in [-0.2, -0.15) is 0 Å². The maximum Gasteiger partial charge on any atom is 0.234 e. The fourth-order valence-corrected chi connectivity index (χ4v) is 4.01. The van der Waals surface area contributed by atoms with Gasteiger partial charge in [-0.05, 0) is 53.0 Å². The van der Waals surface area contributed by atoms with Crippen molar-refractivity contribution >= 4 is 40.1 Å². The summed E-state index contributed by atoms with van der Waals surface area (Å²) in [5.41, 5.74) is 0.719. The van der Waals surface area contributed by atoms with E-state index in [9.17, 15) is 9.59 Å². The molecule has 1 spiro atoms. The number of hydrogen-bond donors (Lipinski definition) is 0. The molecule has 100 valence electrons. The van der Waals surface area contributed by atoms with E-state index in [0.29, 0.717) is 12.8 Å². The normalized spacial score (nSPS) is 22.3. The van der Waals surface area contributed by atoms with E-state index in [1.807, 2.05) is 24.3 Å². The van der Waals surface area contributed by atoms with E-state index in [1.165, 1.54) is 4.90 Å². The molecule has 1 aromatic rings. The SMILES string of the molecule is O=C1CC2(CCCC2)CC(=O)N1c1ccccc1I. The largest absolute Gasteiger partial charge is 0.274 e. The Labute approximate surface area is 126 Å². The second kappa shape index (κ2) is 4.89. The van der Waals surface area contributed by atoms with Crippen molar-refractivity contribution in [2.75, 3.05) is 4.90 Å². The third-order valence-corrected chi connectivity index (χ3v) is 5.22. The highest BCUT2D eigenvalue weighted by Crippen LogP contribution is 2.47. The Morgan fingerprint density at radius 1 is 1.00 bits per heavy atom. The van der Waals surface area contributed by atoms with Crippen LogP contribution in [0.2, 0.25) is 0 Å². The molecule has 3 nitrogen and oxygen atoms in total. The molecule has 4 heteroatoms. The average molecular weight is 369 g/mol. The van der Waals surface area contributed by atoms with Gasteiger partial charge < -0.3 is 0 Å². The molecule has 0 unspecified atom stereocenters. The van der Waals surface area contributed by atoms with Crippen molar-refractivity contribution in [1.82, 2.24) is 0 Å². The highest BCUT2D eigenvalue weighted by Gasteiger charge is 2.45. The Balaban J connectivity index is 1.91. The van der Waals surface area contributed by atoms with Crippen LogP contribution in [0.25, 0.3) is 0 Å². The van der Waals surface area contributed by atoms with E-state index in [2.05, 4.69) is 22.6 Å². The predicted octanol–water partition coefficient (Wildman–Crippen LogP) is 3.51. The molecule has 19 heavy (non-hydrogen) atoms. The minimum atomic E-state index is -0.0257. The molecule has 0 atom stereocenters. The lowest BCUT2D eigenvalue weighted by Crippen LogP contribution is -2.47. The first kappa shape index (κ1) is 13.1. The molecule has 2 fully saturated rings. The van der Waals surface area contributed by atoms with Crippen molar-refractivity contribution in [3.63, 3.8) is 0 Å². The number of halogens is 1. The number of imide groups is 1. The van der Waals surface area contributed by atoms with Crippen molar-refractivity contribution in [2.45, 2.75) is 38.5 Å². The number of benzene rings is 1. The van der Waals surface area contributed by atoms with E-state index in [-0.39, 0.29) is 17.2 Å². The van der Waals surface area contributed by atoms with Crippen LogP contribution in [-0.4, -0.2) is 11.8 Å². The van der Waals surface area contributed by atoms with Crippen molar-refractivity contribution < 1.29 is 9.59 Å². The molecule has 1 saturated heterocycles. The van der Waals surface area contributed by atoms with Crippen LogP contribution in [0.4, 0.5) is 5.69 Å². The standard InChI is InChI=1S/C15H16INO2/c16-11-5-1-2-6-12(11)17-13(18)9-15(10-14(17)19)7-3-4-8-15/h1-2,5-6H,3-4,7-10H2. The number of carbonyl (C=O) groups is 2. The summed E-state index contributed by atoms with van der Waals surface area (Å²) in [6.45, 7) is 0. The number of anilines is 1. The molecule has 1 aliphatic heterocycles. The van der Waals surface area contributed by atoms with Crippen LogP contribution in [0.5, 0.6) is 0 Å². The summed E-state index contributed by atoms with van der Waals surface area (Å²) in [6.07, 6.45) is 5.44. The maximum atomic E-state index is 12.4.